The van der Waals surface area contributed by atoms with Crippen molar-refractivity contribution in [3.8, 4) is 0 Å². The van der Waals surface area contributed by atoms with Crippen molar-refractivity contribution in [3.05, 3.63) is 18.3 Å². The van der Waals surface area contributed by atoms with E-state index in [1.54, 1.807) is 6.07 Å². The highest BCUT2D eigenvalue weighted by molar-refractivity contribution is 7.89. The zero-order valence-corrected chi connectivity index (χ0v) is 13.8. The van der Waals surface area contributed by atoms with Crippen molar-refractivity contribution >= 4 is 21.8 Å². The van der Waals surface area contributed by atoms with Crippen molar-refractivity contribution in [2.45, 2.75) is 17.7 Å². The zero-order chi connectivity index (χ0) is 16.7. The van der Waals surface area contributed by atoms with Gasteiger partial charge in [0, 0.05) is 32.3 Å². The average Bonchev–Trinajstić information content (AvgIpc) is 2.59. The zero-order valence-electron chi connectivity index (χ0n) is 13.0. The molecule has 2 rings (SSSR count). The van der Waals surface area contributed by atoms with Crippen LogP contribution in [0.3, 0.4) is 0 Å². The number of carbonyl (C=O) groups excluding carboxylic acids is 1. The Kier molecular flexibility index (Phi) is 6.31. The van der Waals surface area contributed by atoms with E-state index in [0.717, 1.165) is 0 Å². The lowest BCUT2D eigenvalue weighted by molar-refractivity contribution is -0.140. The number of anilines is 1. The van der Waals surface area contributed by atoms with Crippen molar-refractivity contribution < 1.29 is 22.7 Å². The maximum atomic E-state index is 12.4. The molecule has 2 heterocycles. The Bertz CT molecular complexity index is 612. The number of rotatable bonds is 7. The average molecular weight is 343 g/mol. The summed E-state index contributed by atoms with van der Waals surface area (Å²) in [5, 5.41) is 3.03. The summed E-state index contributed by atoms with van der Waals surface area (Å²) >= 11 is 0. The van der Waals surface area contributed by atoms with Gasteiger partial charge in [0.15, 0.2) is 0 Å². The van der Waals surface area contributed by atoms with Crippen LogP contribution in [0.2, 0.25) is 0 Å². The van der Waals surface area contributed by atoms with E-state index in [4.69, 9.17) is 4.74 Å². The van der Waals surface area contributed by atoms with Crippen molar-refractivity contribution in [1.29, 1.82) is 0 Å². The van der Waals surface area contributed by atoms with Crippen LogP contribution in [-0.2, 0) is 24.3 Å². The lowest BCUT2D eigenvalue weighted by Crippen LogP contribution is -2.40. The molecule has 1 aromatic heterocycles. The van der Waals surface area contributed by atoms with E-state index < -0.39 is 10.0 Å². The van der Waals surface area contributed by atoms with E-state index in [2.05, 4.69) is 15.0 Å². The molecule has 1 aliphatic rings. The predicted molar refractivity (Wildman–Crippen MR) is 83.6 cm³/mol. The third-order valence-corrected chi connectivity index (χ3v) is 5.32. The molecular formula is C14H21N3O5S. The van der Waals surface area contributed by atoms with Gasteiger partial charge in [-0.05, 0) is 18.6 Å². The van der Waals surface area contributed by atoms with Gasteiger partial charge in [0.1, 0.15) is 10.7 Å². The largest absolute Gasteiger partial charge is 0.469 e. The molecule has 0 saturated carbocycles. The quantitative estimate of drug-likeness (QED) is 0.567. The smallest absolute Gasteiger partial charge is 0.305 e. The lowest BCUT2D eigenvalue weighted by Gasteiger charge is -2.25. The van der Waals surface area contributed by atoms with Gasteiger partial charge in [-0.15, -0.1) is 0 Å². The first-order valence-electron chi connectivity index (χ1n) is 7.38. The van der Waals surface area contributed by atoms with E-state index in [-0.39, 0.29) is 10.9 Å². The first-order chi connectivity index (χ1) is 11.0. The molecule has 0 spiro atoms. The summed E-state index contributed by atoms with van der Waals surface area (Å²) in [6.45, 7) is 2.09. The topological polar surface area (TPSA) is 97.8 Å². The van der Waals surface area contributed by atoms with Crippen molar-refractivity contribution in [2.75, 3.05) is 45.3 Å². The minimum Gasteiger partial charge on any atom is -0.469 e. The molecule has 0 amide bonds. The molecule has 0 atom stereocenters. The van der Waals surface area contributed by atoms with Gasteiger partial charge in [-0.25, -0.2) is 13.4 Å². The van der Waals surface area contributed by atoms with Gasteiger partial charge in [-0.1, -0.05) is 0 Å². The number of aromatic nitrogens is 1. The Morgan fingerprint density at radius 3 is 2.74 bits per heavy atom. The van der Waals surface area contributed by atoms with Crippen LogP contribution in [0.5, 0.6) is 0 Å². The monoisotopic (exact) mass is 343 g/mol. The number of nitrogens with zero attached hydrogens (tertiary/aromatic N) is 2. The predicted octanol–water partition coefficient (Wildman–Crippen LogP) is 0.468. The number of morpholine rings is 1. The molecule has 128 valence electrons. The Morgan fingerprint density at radius 2 is 2.13 bits per heavy atom. The molecule has 1 fully saturated rings. The highest BCUT2D eigenvalue weighted by atomic mass is 32.2. The molecule has 8 nitrogen and oxygen atoms in total. The third-order valence-electron chi connectivity index (χ3n) is 3.44. The number of hydrogen-bond acceptors (Lipinski definition) is 7. The fourth-order valence-corrected chi connectivity index (χ4v) is 3.48. The summed E-state index contributed by atoms with van der Waals surface area (Å²) in [5.74, 6) is 0.308. The summed E-state index contributed by atoms with van der Waals surface area (Å²) < 4.78 is 36.0. The fraction of sp³-hybridized carbons (Fsp3) is 0.571. The number of carbonyl (C=O) groups is 1. The molecular weight excluding hydrogens is 322 g/mol. The first-order valence-corrected chi connectivity index (χ1v) is 8.82. The molecule has 1 saturated heterocycles. The number of hydrogen-bond donors (Lipinski definition) is 1. The summed E-state index contributed by atoms with van der Waals surface area (Å²) in [7, 11) is -2.16. The van der Waals surface area contributed by atoms with Crippen molar-refractivity contribution in [2.24, 2.45) is 0 Å². The van der Waals surface area contributed by atoms with Gasteiger partial charge in [-0.3, -0.25) is 4.79 Å². The Balaban J connectivity index is 1.89. The van der Waals surface area contributed by atoms with Crippen LogP contribution >= 0.6 is 0 Å². The number of esters is 1. The molecule has 0 aromatic carbocycles. The molecule has 0 radical (unpaired) electrons. The number of ether oxygens (including phenoxy) is 2. The van der Waals surface area contributed by atoms with Crippen LogP contribution in [0, 0.1) is 0 Å². The van der Waals surface area contributed by atoms with Gasteiger partial charge < -0.3 is 14.8 Å². The summed E-state index contributed by atoms with van der Waals surface area (Å²) in [4.78, 5) is 15.3. The van der Waals surface area contributed by atoms with Crippen molar-refractivity contribution in [1.82, 2.24) is 9.29 Å². The fourth-order valence-electron chi connectivity index (χ4n) is 2.12. The van der Waals surface area contributed by atoms with Crippen LogP contribution in [0.1, 0.15) is 12.8 Å². The number of pyridine rings is 1. The van der Waals surface area contributed by atoms with Gasteiger partial charge >= 0.3 is 5.97 Å². The molecule has 1 N–H and O–H groups in total. The van der Waals surface area contributed by atoms with E-state index in [1.807, 2.05) is 0 Å². The number of sulfonamides is 1. The van der Waals surface area contributed by atoms with Gasteiger partial charge in [0.2, 0.25) is 10.0 Å². The second kappa shape index (κ2) is 8.23. The minimum absolute atomic E-state index is 0.166. The van der Waals surface area contributed by atoms with Crippen LogP contribution in [0.15, 0.2) is 23.2 Å². The normalized spacial score (nSPS) is 16.0. The molecule has 23 heavy (non-hydrogen) atoms. The second-order valence-electron chi connectivity index (χ2n) is 5.00. The Hall–Kier alpha value is -1.71. The first kappa shape index (κ1) is 17.6. The molecule has 9 heteroatoms. The Labute approximate surface area is 135 Å². The van der Waals surface area contributed by atoms with Gasteiger partial charge in [0.05, 0.1) is 20.3 Å². The van der Waals surface area contributed by atoms with Crippen molar-refractivity contribution in [3.63, 3.8) is 0 Å². The van der Waals surface area contributed by atoms with E-state index >= 15 is 0 Å². The van der Waals surface area contributed by atoms with Crippen LogP contribution < -0.4 is 5.32 Å². The highest BCUT2D eigenvalue weighted by Gasteiger charge is 2.26. The standard InChI is InChI=1S/C14H21N3O5S/c1-21-14(18)3-2-6-15-13-5-4-12(11-16-13)23(19,20)17-7-9-22-10-8-17/h4-5,11H,2-3,6-10H2,1H3,(H,15,16). The minimum atomic E-state index is -3.52. The van der Waals surface area contributed by atoms with Gasteiger partial charge in [0.25, 0.3) is 0 Å². The van der Waals surface area contributed by atoms with Crippen LogP contribution in [0.4, 0.5) is 5.82 Å². The van der Waals surface area contributed by atoms with E-state index in [0.29, 0.717) is 51.5 Å². The second-order valence-corrected chi connectivity index (χ2v) is 6.94. The Morgan fingerprint density at radius 1 is 1.39 bits per heavy atom. The molecule has 1 aliphatic heterocycles. The molecule has 0 bridgehead atoms. The lowest BCUT2D eigenvalue weighted by atomic mass is 10.3. The summed E-state index contributed by atoms with van der Waals surface area (Å²) in [6.07, 6.45) is 2.28. The molecule has 0 unspecified atom stereocenters. The SMILES string of the molecule is COC(=O)CCCNc1ccc(S(=O)(=O)N2CCOCC2)cn1. The van der Waals surface area contributed by atoms with E-state index in [1.165, 1.54) is 23.7 Å². The highest BCUT2D eigenvalue weighted by Crippen LogP contribution is 2.17. The maximum Gasteiger partial charge on any atom is 0.305 e. The van der Waals surface area contributed by atoms with Crippen LogP contribution in [0.25, 0.3) is 0 Å². The summed E-state index contributed by atoms with van der Waals surface area (Å²) in [6, 6.07) is 3.14. The number of methoxy groups -OCH3 is 1. The van der Waals surface area contributed by atoms with E-state index in [9.17, 15) is 13.2 Å². The third kappa shape index (κ3) is 4.88. The molecule has 1 aromatic rings. The maximum absolute atomic E-state index is 12.4. The summed E-state index contributed by atoms with van der Waals surface area (Å²) in [5.41, 5.74) is 0. The van der Waals surface area contributed by atoms with Gasteiger partial charge in [-0.2, -0.15) is 4.31 Å². The molecule has 0 aliphatic carbocycles. The van der Waals surface area contributed by atoms with Crippen LogP contribution in [-0.4, -0.2) is 63.6 Å². The number of nitrogens with one attached hydrogen (secondary N) is 1.